The lowest BCUT2D eigenvalue weighted by atomic mass is 9.73. The molecule has 1 aromatic heterocycles. The van der Waals surface area contributed by atoms with E-state index in [4.69, 9.17) is 4.52 Å². The van der Waals surface area contributed by atoms with Crippen LogP contribution < -0.4 is 10.9 Å². The Bertz CT molecular complexity index is 1510. The molecule has 190 valence electrons. The number of amides is 1. The Balaban J connectivity index is 1.69. The first kappa shape index (κ1) is 26.0. The molecule has 7 nitrogen and oxygen atoms in total. The summed E-state index contributed by atoms with van der Waals surface area (Å²) in [5.41, 5.74) is 0.340. The summed E-state index contributed by atoms with van der Waals surface area (Å²) in [6.07, 6.45) is 0.188. The highest BCUT2D eigenvalue weighted by Crippen LogP contribution is 2.35. The van der Waals surface area contributed by atoms with Crippen molar-refractivity contribution >= 4 is 28.2 Å². The van der Waals surface area contributed by atoms with Crippen LogP contribution in [0.15, 0.2) is 82.1 Å². The van der Waals surface area contributed by atoms with Gasteiger partial charge < -0.3 is 14.9 Å². The highest BCUT2D eigenvalue weighted by Gasteiger charge is 2.42. The molecule has 1 unspecified atom stereocenters. The van der Waals surface area contributed by atoms with Crippen LogP contribution in [0, 0.1) is 6.92 Å². The van der Waals surface area contributed by atoms with E-state index in [2.05, 4.69) is 10.5 Å². The number of aryl methyl sites for hydroxylation is 1. The van der Waals surface area contributed by atoms with Gasteiger partial charge in [-0.2, -0.15) is 0 Å². The van der Waals surface area contributed by atoms with Gasteiger partial charge >= 0.3 is 5.63 Å². The van der Waals surface area contributed by atoms with Crippen LogP contribution in [0.3, 0.4) is 0 Å². The van der Waals surface area contributed by atoms with Gasteiger partial charge in [0.2, 0.25) is 0 Å². The van der Waals surface area contributed by atoms with Crippen LogP contribution in [0.5, 0.6) is 0 Å². The van der Waals surface area contributed by atoms with Gasteiger partial charge in [0.25, 0.3) is 5.91 Å². The lowest BCUT2D eigenvalue weighted by Gasteiger charge is -2.36. The number of anilines is 1. The molecule has 0 aliphatic carbocycles. The predicted octanol–water partition coefficient (Wildman–Crippen LogP) is 4.98. The largest absolute Gasteiger partial charge is 0.380 e. The second kappa shape index (κ2) is 10.1. The van der Waals surface area contributed by atoms with Crippen molar-refractivity contribution in [1.29, 1.82) is 0 Å². The monoisotopic (exact) mass is 498 g/mol. The van der Waals surface area contributed by atoms with Crippen LogP contribution in [0.1, 0.15) is 54.4 Å². The zero-order valence-electron chi connectivity index (χ0n) is 21.4. The second-order valence-electron chi connectivity index (χ2n) is 10.2. The Morgan fingerprint density at radius 3 is 2.30 bits per heavy atom. The van der Waals surface area contributed by atoms with Crippen LogP contribution in [-0.4, -0.2) is 27.6 Å². The molecule has 1 amide bonds. The summed E-state index contributed by atoms with van der Waals surface area (Å²) in [6, 6.07) is 21.5. The molecule has 7 heteroatoms. The molecule has 4 aromatic rings. The molecule has 0 aliphatic heterocycles. The predicted molar refractivity (Wildman–Crippen MR) is 143 cm³/mol. The summed E-state index contributed by atoms with van der Waals surface area (Å²) in [4.78, 5) is 37.4. The fourth-order valence-electron chi connectivity index (χ4n) is 4.70. The van der Waals surface area contributed by atoms with Crippen molar-refractivity contribution in [3.63, 3.8) is 0 Å². The van der Waals surface area contributed by atoms with E-state index < -0.39 is 22.5 Å². The average molecular weight is 499 g/mol. The highest BCUT2D eigenvalue weighted by molar-refractivity contribution is 5.99. The van der Waals surface area contributed by atoms with E-state index in [1.165, 1.54) is 6.92 Å². The zero-order chi connectivity index (χ0) is 26.8. The minimum absolute atomic E-state index is 0.0467. The SMILES string of the molecule is CC(=O)c1ccc(CC(O)(CC(C)(C)c2ccccc2)C(=O)Nc2ccc3c(=O)onc(C)c3c2)cc1. The maximum absolute atomic E-state index is 13.7. The number of nitrogens with zero attached hydrogens (tertiary/aromatic N) is 1. The number of carbonyl (C=O) groups excluding carboxylic acids is 2. The topological polar surface area (TPSA) is 110 Å². The van der Waals surface area contributed by atoms with Crippen molar-refractivity contribution in [1.82, 2.24) is 5.16 Å². The highest BCUT2D eigenvalue weighted by atomic mass is 16.5. The lowest BCUT2D eigenvalue weighted by molar-refractivity contribution is -0.136. The number of ketones is 1. The van der Waals surface area contributed by atoms with Crippen molar-refractivity contribution in [2.75, 3.05) is 5.32 Å². The van der Waals surface area contributed by atoms with Crippen molar-refractivity contribution in [2.24, 2.45) is 0 Å². The third-order valence-electron chi connectivity index (χ3n) is 6.72. The van der Waals surface area contributed by atoms with Crippen LogP contribution in [-0.2, 0) is 16.6 Å². The summed E-state index contributed by atoms with van der Waals surface area (Å²) in [5.74, 6) is -0.625. The lowest BCUT2D eigenvalue weighted by Crippen LogP contribution is -2.49. The Labute approximate surface area is 215 Å². The number of benzene rings is 3. The first-order valence-corrected chi connectivity index (χ1v) is 12.1. The van der Waals surface area contributed by atoms with Gasteiger partial charge in [-0.1, -0.05) is 73.6 Å². The molecule has 0 fully saturated rings. The Hall–Kier alpha value is -4.10. The smallest absolute Gasteiger partial charge is 0.366 e. The molecule has 2 N–H and O–H groups in total. The van der Waals surface area contributed by atoms with Crippen LogP contribution in [0.25, 0.3) is 10.8 Å². The number of aliphatic hydroxyl groups is 1. The molecule has 0 radical (unpaired) electrons. The third-order valence-corrected chi connectivity index (χ3v) is 6.72. The standard InChI is InChI=1S/C30H30N2O5/c1-19-26-16-24(14-15-25(26)27(34)37-32-19)31-28(35)30(36,17-21-10-12-22(13-11-21)20(2)33)18-29(3,4)23-8-6-5-7-9-23/h5-16,36H,17-18H2,1-4H3,(H,31,35). The average Bonchev–Trinajstić information content (AvgIpc) is 2.87. The van der Waals surface area contributed by atoms with Crippen molar-refractivity contribution in [3.05, 3.63) is 106 Å². The van der Waals surface area contributed by atoms with Crippen molar-refractivity contribution in [3.8, 4) is 0 Å². The molecule has 0 bridgehead atoms. The van der Waals surface area contributed by atoms with Gasteiger partial charge in [0.1, 0.15) is 5.60 Å². The van der Waals surface area contributed by atoms with Crippen LogP contribution in [0.4, 0.5) is 5.69 Å². The molecule has 0 saturated heterocycles. The number of Topliss-reactive ketones (excluding diaryl/α,β-unsaturated/α-hetero) is 1. The summed E-state index contributed by atoms with van der Waals surface area (Å²) in [6.45, 7) is 7.18. The summed E-state index contributed by atoms with van der Waals surface area (Å²) >= 11 is 0. The van der Waals surface area contributed by atoms with Crippen LogP contribution >= 0.6 is 0 Å². The quantitative estimate of drug-likeness (QED) is 0.332. The fraction of sp³-hybridized carbons (Fsp3) is 0.267. The van der Waals surface area contributed by atoms with E-state index in [0.717, 1.165) is 11.1 Å². The van der Waals surface area contributed by atoms with E-state index in [0.29, 0.717) is 27.7 Å². The Kier molecular flexibility index (Phi) is 7.09. The van der Waals surface area contributed by atoms with Gasteiger partial charge in [-0.3, -0.25) is 9.59 Å². The fourth-order valence-corrected chi connectivity index (χ4v) is 4.70. The van der Waals surface area contributed by atoms with E-state index >= 15 is 0 Å². The number of hydrogen-bond acceptors (Lipinski definition) is 6. The Morgan fingerprint density at radius 1 is 0.973 bits per heavy atom. The van der Waals surface area contributed by atoms with Gasteiger partial charge in [-0.15, -0.1) is 0 Å². The first-order valence-electron chi connectivity index (χ1n) is 12.1. The zero-order valence-corrected chi connectivity index (χ0v) is 21.4. The molecule has 1 heterocycles. The van der Waals surface area contributed by atoms with Gasteiger partial charge in [-0.25, -0.2) is 4.79 Å². The maximum atomic E-state index is 13.7. The van der Waals surface area contributed by atoms with E-state index in [9.17, 15) is 19.5 Å². The molecule has 3 aromatic carbocycles. The molecule has 1 atom stereocenters. The molecule has 0 aliphatic rings. The Morgan fingerprint density at radius 2 is 1.65 bits per heavy atom. The second-order valence-corrected chi connectivity index (χ2v) is 10.2. The minimum Gasteiger partial charge on any atom is -0.380 e. The molecular weight excluding hydrogens is 468 g/mol. The van der Waals surface area contributed by atoms with Gasteiger partial charge in [-0.05, 0) is 55.0 Å². The molecule has 37 heavy (non-hydrogen) atoms. The van der Waals surface area contributed by atoms with Crippen molar-refractivity contribution in [2.45, 2.75) is 51.6 Å². The summed E-state index contributed by atoms with van der Waals surface area (Å²) in [5, 5.41) is 19.4. The normalized spacial score (nSPS) is 13.2. The number of carbonyl (C=O) groups is 2. The maximum Gasteiger partial charge on any atom is 0.366 e. The van der Waals surface area contributed by atoms with Gasteiger partial charge in [0.05, 0.1) is 11.1 Å². The summed E-state index contributed by atoms with van der Waals surface area (Å²) < 4.78 is 4.78. The third kappa shape index (κ3) is 5.67. The summed E-state index contributed by atoms with van der Waals surface area (Å²) in [7, 11) is 0. The molecule has 0 spiro atoms. The first-order chi connectivity index (χ1) is 17.5. The van der Waals surface area contributed by atoms with Crippen molar-refractivity contribution < 1.29 is 19.2 Å². The van der Waals surface area contributed by atoms with E-state index in [1.807, 2.05) is 44.2 Å². The minimum atomic E-state index is -1.78. The van der Waals surface area contributed by atoms with Crippen LogP contribution in [0.2, 0.25) is 0 Å². The van der Waals surface area contributed by atoms with E-state index in [-0.39, 0.29) is 18.6 Å². The van der Waals surface area contributed by atoms with Gasteiger partial charge in [0, 0.05) is 23.1 Å². The number of aromatic nitrogens is 1. The molecular formula is C30H30N2O5. The molecule has 4 rings (SSSR count). The van der Waals surface area contributed by atoms with E-state index in [1.54, 1.807) is 49.4 Å². The number of rotatable bonds is 8. The molecule has 0 saturated carbocycles. The number of nitrogens with one attached hydrogen (secondary N) is 1. The number of fused-ring (bicyclic) bond motifs is 1. The number of hydrogen-bond donors (Lipinski definition) is 2. The van der Waals surface area contributed by atoms with Gasteiger partial charge in [0.15, 0.2) is 5.78 Å².